The zero-order chi connectivity index (χ0) is 10.6. The zero-order valence-electron chi connectivity index (χ0n) is 8.40. The Kier molecular flexibility index (Phi) is 4.19. The molecule has 1 heterocycles. The monoisotopic (exact) mass is 210 g/mol. The molecule has 0 bridgehead atoms. The Morgan fingerprint density at radius 1 is 1.43 bits per heavy atom. The highest BCUT2D eigenvalue weighted by molar-refractivity contribution is 4.76. The first-order valence-electron chi connectivity index (χ1n) is 4.96. The summed E-state index contributed by atoms with van der Waals surface area (Å²) in [5.41, 5.74) is 0. The van der Waals surface area contributed by atoms with E-state index in [-0.39, 0.29) is 6.54 Å². The van der Waals surface area contributed by atoms with E-state index in [9.17, 15) is 13.2 Å². The van der Waals surface area contributed by atoms with Gasteiger partial charge in [0.1, 0.15) is 0 Å². The Hall–Kier alpha value is -0.290. The zero-order valence-corrected chi connectivity index (χ0v) is 8.40. The van der Waals surface area contributed by atoms with Crippen LogP contribution in [0.3, 0.4) is 0 Å². The fourth-order valence-electron chi connectivity index (χ4n) is 1.70. The Morgan fingerprint density at radius 2 is 2.14 bits per heavy atom. The van der Waals surface area contributed by atoms with Crippen LogP contribution in [-0.2, 0) is 0 Å². The fraction of sp³-hybridized carbons (Fsp3) is 1.00. The molecule has 0 saturated carbocycles. The van der Waals surface area contributed by atoms with Gasteiger partial charge in [0.2, 0.25) is 0 Å². The lowest BCUT2D eigenvalue weighted by Crippen LogP contribution is -2.36. The van der Waals surface area contributed by atoms with Crippen molar-refractivity contribution in [3.8, 4) is 0 Å². The van der Waals surface area contributed by atoms with Crippen molar-refractivity contribution in [2.24, 2.45) is 0 Å². The number of hydrogen-bond acceptors (Lipinski definition) is 2. The summed E-state index contributed by atoms with van der Waals surface area (Å²) in [4.78, 5) is 1.75. The van der Waals surface area contributed by atoms with Crippen LogP contribution in [0.1, 0.15) is 19.3 Å². The summed E-state index contributed by atoms with van der Waals surface area (Å²) < 4.78 is 35.7. The summed E-state index contributed by atoms with van der Waals surface area (Å²) in [6.07, 6.45) is -2.53. The summed E-state index contributed by atoms with van der Waals surface area (Å²) in [7, 11) is 1.74. The van der Waals surface area contributed by atoms with E-state index in [4.69, 9.17) is 0 Å². The van der Waals surface area contributed by atoms with Gasteiger partial charge in [-0.3, -0.25) is 0 Å². The van der Waals surface area contributed by atoms with Crippen LogP contribution >= 0.6 is 0 Å². The third-order valence-electron chi connectivity index (χ3n) is 2.47. The minimum absolute atomic E-state index is 0.0989. The number of likely N-dealkylation sites (N-methyl/N-ethyl adjacent to an activating group) is 1. The summed E-state index contributed by atoms with van der Waals surface area (Å²) in [5.74, 6) is 0. The number of hydrogen-bond donors (Lipinski definition) is 1. The molecule has 14 heavy (non-hydrogen) atoms. The molecular weight excluding hydrogens is 193 g/mol. The van der Waals surface area contributed by atoms with Crippen LogP contribution in [0.4, 0.5) is 13.2 Å². The maximum absolute atomic E-state index is 11.9. The van der Waals surface area contributed by atoms with E-state index < -0.39 is 12.6 Å². The second-order valence-electron chi connectivity index (χ2n) is 3.92. The SMILES string of the molecule is CN(CCC(F)(F)F)CC1CCCN1. The van der Waals surface area contributed by atoms with Crippen molar-refractivity contribution in [2.75, 3.05) is 26.7 Å². The van der Waals surface area contributed by atoms with E-state index in [1.165, 1.54) is 0 Å². The van der Waals surface area contributed by atoms with Crippen LogP contribution in [-0.4, -0.2) is 43.8 Å². The van der Waals surface area contributed by atoms with E-state index >= 15 is 0 Å². The van der Waals surface area contributed by atoms with Crippen LogP contribution in [0.15, 0.2) is 0 Å². The standard InChI is InChI=1S/C9H17F3N2/c1-14(6-4-9(10,11)12)7-8-3-2-5-13-8/h8,13H,2-7H2,1H3. The molecule has 0 aromatic rings. The van der Waals surface area contributed by atoms with Crippen LogP contribution in [0.2, 0.25) is 0 Å². The van der Waals surface area contributed by atoms with Crippen LogP contribution in [0.5, 0.6) is 0 Å². The summed E-state index contributed by atoms with van der Waals surface area (Å²) in [6, 6.07) is 0.383. The first-order chi connectivity index (χ1) is 6.47. The summed E-state index contributed by atoms with van der Waals surface area (Å²) in [6.45, 7) is 1.82. The van der Waals surface area contributed by atoms with Gasteiger partial charge in [-0.2, -0.15) is 13.2 Å². The van der Waals surface area contributed by atoms with Gasteiger partial charge in [-0.15, -0.1) is 0 Å². The predicted molar refractivity (Wildman–Crippen MR) is 49.2 cm³/mol. The second kappa shape index (κ2) is 4.98. The molecule has 1 rings (SSSR count). The first kappa shape index (κ1) is 11.8. The minimum Gasteiger partial charge on any atom is -0.313 e. The van der Waals surface area contributed by atoms with Crippen molar-refractivity contribution in [3.05, 3.63) is 0 Å². The number of rotatable bonds is 4. The molecule has 0 aromatic carbocycles. The molecule has 5 heteroatoms. The predicted octanol–water partition coefficient (Wildman–Crippen LogP) is 1.62. The lowest BCUT2D eigenvalue weighted by molar-refractivity contribution is -0.137. The Balaban J connectivity index is 2.12. The lowest BCUT2D eigenvalue weighted by Gasteiger charge is -2.21. The molecule has 2 nitrogen and oxygen atoms in total. The lowest BCUT2D eigenvalue weighted by atomic mass is 10.2. The molecule has 0 spiro atoms. The Morgan fingerprint density at radius 3 is 2.64 bits per heavy atom. The molecule has 1 unspecified atom stereocenters. The molecule has 1 saturated heterocycles. The number of halogens is 3. The molecule has 0 aliphatic carbocycles. The van der Waals surface area contributed by atoms with Gasteiger partial charge in [-0.05, 0) is 26.4 Å². The number of alkyl halides is 3. The molecule has 1 atom stereocenters. The van der Waals surface area contributed by atoms with Crippen LogP contribution in [0, 0.1) is 0 Å². The number of nitrogens with zero attached hydrogens (tertiary/aromatic N) is 1. The molecule has 0 aromatic heterocycles. The quantitative estimate of drug-likeness (QED) is 0.758. The smallest absolute Gasteiger partial charge is 0.313 e. The topological polar surface area (TPSA) is 15.3 Å². The maximum Gasteiger partial charge on any atom is 0.390 e. The molecular formula is C9H17F3N2. The van der Waals surface area contributed by atoms with Gasteiger partial charge in [-0.25, -0.2) is 0 Å². The van der Waals surface area contributed by atoms with E-state index in [2.05, 4.69) is 5.32 Å². The highest BCUT2D eigenvalue weighted by Crippen LogP contribution is 2.19. The third kappa shape index (κ3) is 4.81. The van der Waals surface area contributed by atoms with Gasteiger partial charge < -0.3 is 10.2 Å². The van der Waals surface area contributed by atoms with Gasteiger partial charge in [0.25, 0.3) is 0 Å². The Labute approximate surface area is 82.5 Å². The van der Waals surface area contributed by atoms with Gasteiger partial charge in [0, 0.05) is 19.1 Å². The van der Waals surface area contributed by atoms with E-state index in [1.54, 1.807) is 11.9 Å². The summed E-state index contributed by atoms with van der Waals surface area (Å²) >= 11 is 0. The van der Waals surface area contributed by atoms with E-state index in [0.29, 0.717) is 6.04 Å². The van der Waals surface area contributed by atoms with E-state index in [0.717, 1.165) is 25.9 Å². The minimum atomic E-state index is -4.03. The van der Waals surface area contributed by atoms with Gasteiger partial charge >= 0.3 is 6.18 Å². The second-order valence-corrected chi connectivity index (χ2v) is 3.92. The summed E-state index contributed by atoms with van der Waals surface area (Å²) in [5, 5.41) is 3.26. The van der Waals surface area contributed by atoms with Crippen LogP contribution in [0.25, 0.3) is 0 Å². The van der Waals surface area contributed by atoms with Gasteiger partial charge in [0.05, 0.1) is 6.42 Å². The Bertz CT molecular complexity index is 164. The normalized spacial score (nSPS) is 23.4. The molecule has 84 valence electrons. The fourth-order valence-corrected chi connectivity index (χ4v) is 1.70. The molecule has 0 amide bonds. The van der Waals surface area contributed by atoms with Crippen molar-refractivity contribution >= 4 is 0 Å². The molecule has 0 radical (unpaired) electrons. The van der Waals surface area contributed by atoms with Crippen LogP contribution < -0.4 is 5.32 Å². The van der Waals surface area contributed by atoms with Gasteiger partial charge in [0.15, 0.2) is 0 Å². The highest BCUT2D eigenvalue weighted by Gasteiger charge is 2.27. The molecule has 1 N–H and O–H groups in total. The third-order valence-corrected chi connectivity index (χ3v) is 2.47. The van der Waals surface area contributed by atoms with E-state index in [1.807, 2.05) is 0 Å². The molecule has 1 aliphatic heterocycles. The highest BCUT2D eigenvalue weighted by atomic mass is 19.4. The van der Waals surface area contributed by atoms with Gasteiger partial charge in [-0.1, -0.05) is 0 Å². The molecule has 1 aliphatic rings. The first-order valence-corrected chi connectivity index (χ1v) is 4.96. The van der Waals surface area contributed by atoms with Crippen molar-refractivity contribution < 1.29 is 13.2 Å². The largest absolute Gasteiger partial charge is 0.390 e. The van der Waals surface area contributed by atoms with Crippen molar-refractivity contribution in [2.45, 2.75) is 31.5 Å². The maximum atomic E-state index is 11.9. The average molecular weight is 210 g/mol. The van der Waals surface area contributed by atoms with Crippen molar-refractivity contribution in [1.29, 1.82) is 0 Å². The van der Waals surface area contributed by atoms with Crippen molar-refractivity contribution in [3.63, 3.8) is 0 Å². The number of nitrogens with one attached hydrogen (secondary N) is 1. The average Bonchev–Trinajstić information content (AvgIpc) is 2.52. The van der Waals surface area contributed by atoms with Crippen molar-refractivity contribution in [1.82, 2.24) is 10.2 Å². The molecule has 1 fully saturated rings.